The first-order chi connectivity index (χ1) is 15.1. The molecule has 31 heavy (non-hydrogen) atoms. The average Bonchev–Trinajstić information content (AvgIpc) is 2.81. The average molecular weight is 406 g/mol. The lowest BCUT2D eigenvalue weighted by Gasteiger charge is -2.08. The maximum Gasteiger partial charge on any atom is 0.311 e. The number of nitro benzene ring substituents is 1. The third-order valence-corrected chi connectivity index (χ3v) is 4.91. The molecule has 0 aromatic heterocycles. The van der Waals surface area contributed by atoms with Gasteiger partial charge >= 0.3 is 5.69 Å². The van der Waals surface area contributed by atoms with Crippen molar-refractivity contribution in [3.63, 3.8) is 0 Å². The summed E-state index contributed by atoms with van der Waals surface area (Å²) < 4.78 is 5.68. The van der Waals surface area contributed by atoms with Crippen molar-refractivity contribution in [2.75, 3.05) is 0 Å². The van der Waals surface area contributed by atoms with Gasteiger partial charge in [-0.25, -0.2) is 0 Å². The maximum absolute atomic E-state index is 11.6. The van der Waals surface area contributed by atoms with E-state index in [1.54, 1.807) is 18.2 Å². The Morgan fingerprint density at radius 1 is 0.935 bits per heavy atom. The highest BCUT2D eigenvalue weighted by molar-refractivity contribution is 5.94. The molecule has 0 N–H and O–H groups in total. The molecule has 4 rings (SSSR count). The number of allylic oxidation sites excluding steroid dienone is 1. The second kappa shape index (κ2) is 8.93. The molecule has 4 aromatic rings. The van der Waals surface area contributed by atoms with Crippen LogP contribution >= 0.6 is 0 Å². The zero-order chi connectivity index (χ0) is 21.6. The number of fused-ring (bicyclic) bond motifs is 1. The van der Waals surface area contributed by atoms with E-state index in [2.05, 4.69) is 6.07 Å². The zero-order valence-corrected chi connectivity index (χ0v) is 16.6. The lowest BCUT2D eigenvalue weighted by Crippen LogP contribution is -1.99. The molecule has 4 aromatic carbocycles. The van der Waals surface area contributed by atoms with Crippen LogP contribution in [0.25, 0.3) is 22.4 Å². The molecule has 5 heteroatoms. The Morgan fingerprint density at radius 3 is 2.42 bits per heavy atom. The molecule has 0 amide bonds. The van der Waals surface area contributed by atoms with Gasteiger partial charge in [-0.05, 0) is 45.7 Å². The monoisotopic (exact) mass is 406 g/mol. The van der Waals surface area contributed by atoms with Gasteiger partial charge in [0, 0.05) is 6.07 Å². The van der Waals surface area contributed by atoms with E-state index in [4.69, 9.17) is 4.74 Å². The van der Waals surface area contributed by atoms with Crippen LogP contribution in [0.2, 0.25) is 0 Å². The number of rotatable bonds is 6. The van der Waals surface area contributed by atoms with Crippen molar-refractivity contribution in [2.24, 2.45) is 0 Å². The molecule has 0 atom stereocenters. The van der Waals surface area contributed by atoms with E-state index in [1.807, 2.05) is 72.8 Å². The van der Waals surface area contributed by atoms with Crippen LogP contribution in [0.3, 0.4) is 0 Å². The summed E-state index contributed by atoms with van der Waals surface area (Å²) in [5, 5.41) is 23.4. The number of nitriles is 1. The highest BCUT2D eigenvalue weighted by Gasteiger charge is 2.16. The minimum atomic E-state index is -0.472. The van der Waals surface area contributed by atoms with Gasteiger partial charge in [0.1, 0.15) is 6.61 Å². The summed E-state index contributed by atoms with van der Waals surface area (Å²) in [5.41, 5.74) is 2.53. The van der Waals surface area contributed by atoms with Crippen LogP contribution in [0.4, 0.5) is 5.69 Å². The molecule has 0 unspecified atom stereocenters. The molecule has 0 bridgehead atoms. The molecular weight excluding hydrogens is 388 g/mol. The van der Waals surface area contributed by atoms with E-state index in [0.29, 0.717) is 11.1 Å². The smallest absolute Gasteiger partial charge is 0.311 e. The lowest BCUT2D eigenvalue weighted by atomic mass is 10.00. The third kappa shape index (κ3) is 4.60. The molecule has 0 radical (unpaired) electrons. The molecular formula is C26H18N2O3. The predicted octanol–water partition coefficient (Wildman–Crippen LogP) is 6.39. The van der Waals surface area contributed by atoms with Crippen LogP contribution in [-0.4, -0.2) is 4.92 Å². The Hall–Kier alpha value is -4.43. The second-order valence-corrected chi connectivity index (χ2v) is 6.99. The van der Waals surface area contributed by atoms with Crippen molar-refractivity contribution in [1.29, 1.82) is 5.26 Å². The molecule has 0 saturated heterocycles. The number of nitrogens with zero attached hydrogens (tertiary/aromatic N) is 2. The topological polar surface area (TPSA) is 76.2 Å². The molecule has 150 valence electrons. The predicted molar refractivity (Wildman–Crippen MR) is 121 cm³/mol. The van der Waals surface area contributed by atoms with Gasteiger partial charge in [0.05, 0.1) is 16.6 Å². The van der Waals surface area contributed by atoms with Crippen molar-refractivity contribution < 1.29 is 9.66 Å². The number of hydrogen-bond acceptors (Lipinski definition) is 4. The standard InChI is InChI=1S/C26H18N2O3/c27-17-24(23-12-11-21-8-4-5-9-22(21)16-23)14-20-10-13-26(25(15-20)28(29)30)31-18-19-6-2-1-3-7-19/h1-16H,18H2/b24-14-. The Labute approximate surface area is 179 Å². The SMILES string of the molecule is N#C/C(=C/c1ccc(OCc2ccccc2)c([N+](=O)[O-])c1)c1ccc2ccccc2c1. The molecule has 0 fully saturated rings. The second-order valence-electron chi connectivity index (χ2n) is 6.99. The molecule has 0 aliphatic heterocycles. The van der Waals surface area contributed by atoms with Crippen molar-refractivity contribution in [1.82, 2.24) is 0 Å². The summed E-state index contributed by atoms with van der Waals surface area (Å²) in [6, 6.07) is 30.0. The Bertz CT molecular complexity index is 1320. The van der Waals surface area contributed by atoms with Crippen molar-refractivity contribution in [2.45, 2.75) is 6.61 Å². The number of benzene rings is 4. The minimum absolute atomic E-state index is 0.138. The molecule has 0 aliphatic rings. The number of ether oxygens (including phenoxy) is 1. The molecule has 5 nitrogen and oxygen atoms in total. The zero-order valence-electron chi connectivity index (χ0n) is 16.6. The van der Waals surface area contributed by atoms with Gasteiger partial charge in [-0.3, -0.25) is 10.1 Å². The highest BCUT2D eigenvalue weighted by atomic mass is 16.6. The minimum Gasteiger partial charge on any atom is -0.482 e. The van der Waals surface area contributed by atoms with Gasteiger partial charge < -0.3 is 4.74 Å². The van der Waals surface area contributed by atoms with E-state index in [1.165, 1.54) is 6.07 Å². The van der Waals surface area contributed by atoms with Crippen LogP contribution in [0.5, 0.6) is 5.75 Å². The van der Waals surface area contributed by atoms with Crippen LogP contribution < -0.4 is 4.74 Å². The Morgan fingerprint density at radius 2 is 1.68 bits per heavy atom. The molecule has 0 spiro atoms. The van der Waals surface area contributed by atoms with E-state index >= 15 is 0 Å². The van der Waals surface area contributed by atoms with E-state index < -0.39 is 4.92 Å². The Kier molecular flexibility index (Phi) is 5.72. The van der Waals surface area contributed by atoms with Crippen LogP contribution in [0, 0.1) is 21.4 Å². The molecule has 0 saturated carbocycles. The fraction of sp³-hybridized carbons (Fsp3) is 0.0385. The highest BCUT2D eigenvalue weighted by Crippen LogP contribution is 2.31. The largest absolute Gasteiger partial charge is 0.482 e. The van der Waals surface area contributed by atoms with Crippen molar-refractivity contribution in [3.8, 4) is 11.8 Å². The molecule has 0 heterocycles. The van der Waals surface area contributed by atoms with Gasteiger partial charge in [0.25, 0.3) is 0 Å². The summed E-state index contributed by atoms with van der Waals surface area (Å²) in [6.07, 6.45) is 1.65. The number of nitro groups is 1. The van der Waals surface area contributed by atoms with Gasteiger partial charge in [-0.2, -0.15) is 5.26 Å². The first kappa shape index (κ1) is 19.9. The summed E-state index contributed by atoms with van der Waals surface area (Å²) in [5.74, 6) is 0.190. The van der Waals surface area contributed by atoms with Gasteiger partial charge in [0.2, 0.25) is 0 Å². The summed E-state index contributed by atoms with van der Waals surface area (Å²) >= 11 is 0. The number of hydrogen-bond donors (Lipinski definition) is 0. The summed E-state index contributed by atoms with van der Waals surface area (Å²) in [4.78, 5) is 11.1. The van der Waals surface area contributed by atoms with Crippen LogP contribution in [0.1, 0.15) is 16.7 Å². The first-order valence-corrected chi connectivity index (χ1v) is 9.70. The fourth-order valence-corrected chi connectivity index (χ4v) is 3.33. The van der Waals surface area contributed by atoms with Crippen LogP contribution in [-0.2, 0) is 6.61 Å². The van der Waals surface area contributed by atoms with Gasteiger partial charge in [-0.1, -0.05) is 72.8 Å². The van der Waals surface area contributed by atoms with E-state index in [0.717, 1.165) is 21.9 Å². The van der Waals surface area contributed by atoms with Gasteiger partial charge in [0.15, 0.2) is 5.75 Å². The summed E-state index contributed by atoms with van der Waals surface area (Å²) in [6.45, 7) is 0.234. The van der Waals surface area contributed by atoms with Gasteiger partial charge in [-0.15, -0.1) is 0 Å². The fourth-order valence-electron chi connectivity index (χ4n) is 3.33. The normalized spacial score (nSPS) is 11.1. The van der Waals surface area contributed by atoms with Crippen molar-refractivity contribution in [3.05, 3.63) is 118 Å². The van der Waals surface area contributed by atoms with E-state index in [9.17, 15) is 15.4 Å². The summed E-state index contributed by atoms with van der Waals surface area (Å²) in [7, 11) is 0. The first-order valence-electron chi connectivity index (χ1n) is 9.70. The van der Waals surface area contributed by atoms with Crippen LogP contribution in [0.15, 0.2) is 91.0 Å². The molecule has 0 aliphatic carbocycles. The Balaban J connectivity index is 1.64. The maximum atomic E-state index is 11.6. The van der Waals surface area contributed by atoms with Crippen molar-refractivity contribution >= 4 is 28.1 Å². The quantitative estimate of drug-likeness (QED) is 0.161. The lowest BCUT2D eigenvalue weighted by molar-refractivity contribution is -0.386. The van der Waals surface area contributed by atoms with E-state index in [-0.39, 0.29) is 18.0 Å². The third-order valence-electron chi connectivity index (χ3n) is 4.91.